The lowest BCUT2D eigenvalue weighted by Gasteiger charge is -2.36. The number of unbranched alkanes of at least 4 members (excludes halogenated alkanes) is 2. The number of Topliss-reactive ketones (excluding diaryl/α,β-unsaturated/α-hetero) is 1. The number of hydrogen-bond donors (Lipinski definition) is 19. The zero-order valence-corrected chi connectivity index (χ0v) is 76.1. The molecule has 3 aromatic carbocycles. The summed E-state index contributed by atoms with van der Waals surface area (Å²) in [6, 6.07) is 0.189. The number of aliphatic carboxylic acids is 1. The number of primary amides is 1. The lowest BCUT2D eigenvalue weighted by atomic mass is 9.90. The molecule has 42 heteroatoms. The maximum Gasteiger partial charge on any atom is 0.305 e. The van der Waals surface area contributed by atoms with Gasteiger partial charge in [-0.1, -0.05) is 102 Å². The first-order valence-corrected chi connectivity index (χ1v) is 45.5. The Bertz CT molecular complexity index is 4910. The number of nitrogens with one attached hydrogen (secondary N) is 13. The Hall–Kier alpha value is -12.7. The van der Waals surface area contributed by atoms with Gasteiger partial charge in [-0.15, -0.1) is 11.8 Å². The van der Waals surface area contributed by atoms with E-state index >= 15 is 33.6 Å². The molecule has 2 aromatic heterocycles. The summed E-state index contributed by atoms with van der Waals surface area (Å²) < 4.78 is 0. The van der Waals surface area contributed by atoms with Gasteiger partial charge in [-0.25, -0.2) is 0 Å². The molecule has 0 bridgehead atoms. The molecule has 0 aliphatic carbocycles. The Morgan fingerprint density at radius 2 is 1.08 bits per heavy atom. The number of benzene rings is 3. The van der Waals surface area contributed by atoms with Crippen LogP contribution in [0.15, 0.2) is 85.2 Å². The smallest absolute Gasteiger partial charge is 0.305 e. The van der Waals surface area contributed by atoms with Crippen LogP contribution < -0.4 is 70.4 Å². The van der Waals surface area contributed by atoms with E-state index in [1.165, 1.54) is 57.2 Å². The molecule has 3 aliphatic heterocycles. The van der Waals surface area contributed by atoms with Gasteiger partial charge in [0.1, 0.15) is 78.3 Å². The number of thioether (sulfide) groups is 1. The number of fused-ring (bicyclic) bond motifs is 4. The van der Waals surface area contributed by atoms with Crippen LogP contribution in [0, 0.1) is 17.2 Å². The molecule has 0 spiro atoms. The number of guanidine groups is 1. The molecule has 8 rings (SSSR count). The number of carboxylic acids is 1. The topological polar surface area (TPSA) is 621 Å². The Morgan fingerprint density at radius 1 is 0.557 bits per heavy atom. The van der Waals surface area contributed by atoms with Gasteiger partial charge in [0.05, 0.1) is 31.4 Å². The number of nitrogens with two attached hydrogens (primary N) is 3. The van der Waals surface area contributed by atoms with E-state index in [-0.39, 0.29) is 108 Å². The number of aliphatic hydroxyl groups excluding tert-OH is 1. The molecule has 15 amide bonds. The van der Waals surface area contributed by atoms with E-state index < -0.39 is 235 Å². The van der Waals surface area contributed by atoms with Gasteiger partial charge >= 0.3 is 5.97 Å². The zero-order valence-electron chi connectivity index (χ0n) is 75.3. The van der Waals surface area contributed by atoms with Crippen molar-refractivity contribution >= 4 is 140 Å². The number of aromatic hydroxyl groups is 1. The average molecular weight is 1840 g/mol. The van der Waals surface area contributed by atoms with E-state index in [0.717, 1.165) is 31.4 Å². The van der Waals surface area contributed by atoms with Crippen LogP contribution in [-0.4, -0.2) is 307 Å². The number of hydrogen-bond acceptors (Lipinski definition) is 22. The summed E-state index contributed by atoms with van der Waals surface area (Å²) in [6.45, 7) is 6.06. The van der Waals surface area contributed by atoms with Crippen molar-refractivity contribution in [3.63, 3.8) is 0 Å². The van der Waals surface area contributed by atoms with Gasteiger partial charge < -0.3 is 120 Å². The van der Waals surface area contributed by atoms with Crippen LogP contribution >= 0.6 is 11.8 Å². The van der Waals surface area contributed by atoms with Crippen LogP contribution in [0.3, 0.4) is 0 Å². The van der Waals surface area contributed by atoms with Crippen molar-refractivity contribution in [1.82, 2.24) is 87.6 Å². The van der Waals surface area contributed by atoms with Gasteiger partial charge in [0.25, 0.3) is 0 Å². The van der Waals surface area contributed by atoms with Crippen molar-refractivity contribution in [3.8, 4) is 5.75 Å². The summed E-state index contributed by atoms with van der Waals surface area (Å²) >= 11 is 0.774. The number of carboxylic acid groups (broad SMARTS) is 1. The van der Waals surface area contributed by atoms with Crippen molar-refractivity contribution < 1.29 is 96.8 Å². The van der Waals surface area contributed by atoms with Gasteiger partial charge in [0.15, 0.2) is 11.7 Å². The number of carbonyl (C=O) groups is 17. The Balaban J connectivity index is 1.18. The van der Waals surface area contributed by atoms with E-state index in [9.17, 15) is 63.3 Å². The van der Waals surface area contributed by atoms with E-state index in [1.54, 1.807) is 74.8 Å². The van der Waals surface area contributed by atoms with Crippen LogP contribution in [0.5, 0.6) is 5.75 Å². The molecule has 3 aliphatic rings. The second-order valence-electron chi connectivity index (χ2n) is 34.0. The number of ketones is 1. The minimum atomic E-state index is -1.88. The third-order valence-corrected chi connectivity index (χ3v) is 24.9. The van der Waals surface area contributed by atoms with E-state index in [4.69, 9.17) is 22.6 Å². The van der Waals surface area contributed by atoms with Crippen molar-refractivity contribution in [2.24, 2.45) is 29.0 Å². The minimum absolute atomic E-state index is 0.00350. The number of aromatic amines is 2. The molecule has 714 valence electrons. The van der Waals surface area contributed by atoms with Crippen molar-refractivity contribution in [2.45, 2.75) is 229 Å². The number of nitrogens with zero attached hydrogens (tertiary/aromatic N) is 5. The minimum Gasteiger partial charge on any atom is -0.508 e. The van der Waals surface area contributed by atoms with Crippen LogP contribution in [0.4, 0.5) is 0 Å². The molecule has 22 N–H and O–H groups in total. The fourth-order valence-corrected chi connectivity index (χ4v) is 17.3. The molecule has 0 radical (unpaired) electrons. The maximum atomic E-state index is 15.7. The lowest BCUT2D eigenvalue weighted by molar-refractivity contribution is -0.149. The van der Waals surface area contributed by atoms with Crippen molar-refractivity contribution in [1.29, 1.82) is 5.41 Å². The quantitative estimate of drug-likeness (QED) is 0.0185. The number of phenols is 1. The average Bonchev–Trinajstić information content (AvgIpc) is 1.67. The first-order valence-electron chi connectivity index (χ1n) is 44.4. The Labute approximate surface area is 763 Å². The molecule has 0 saturated carbocycles. The predicted molar refractivity (Wildman–Crippen MR) is 485 cm³/mol. The van der Waals surface area contributed by atoms with E-state index in [2.05, 4.69) is 63.1 Å². The monoisotopic (exact) mass is 1840 g/mol. The number of carbonyl (C=O) groups excluding carboxylic acids is 16. The van der Waals surface area contributed by atoms with E-state index in [1.807, 2.05) is 13.8 Å². The van der Waals surface area contributed by atoms with Crippen LogP contribution in [0.2, 0.25) is 0 Å². The number of phenolic OH excluding ortho intramolecular Hbond substituents is 1. The number of aromatic nitrogens is 2. The molecule has 0 unspecified atom stereocenters. The highest BCUT2D eigenvalue weighted by atomic mass is 32.2. The standard InChI is InChI=1S/C89H127N21O20S/c1-9-11-25-69-82(124)99-60(24-17-33-94-89(92)93)79(121)105-67(78(120)97-45-73(91)114)47-131-48-74(115)98-63(37-51-29-31-55(112)32-30-51)84(126)106(6)50(5)76(118)103-65(42-90)87(129)110-35-19-28-70(110)83(125)100-61(41-75(116)117)80(122)101-62(36-49(3)4)86(128)109-34-18-27-68(109)72(113)40-52(38-53-43-95-58-22-15-13-20-56(53)58)77(119)104-66(46-111)81(123)102-64(39-54-44-96-59-23-16-14-21-57(54)59)85(127)108(8)71(26-12-10-2)88(130)107(69)7/h13-16,20-23,29-32,43-44,49-50,52,60-71,95-96,111-112H,9-12,17-19,24-28,33-42,45-48,90H2,1-8H3,(H2,91,114)(H,97,120)(H,98,115)(H,99,124)(H,100,125)(H,101,122)(H,102,123)(H,103,118)(H,104,119)(H,105,121)(H,116,117)(H4,92,93,94)/t50-,52+,60-,61-,62-,63-,64-,65-,66-,67-,68-,69-,70-,71-/m0/s1. The molecule has 41 nitrogen and oxygen atoms in total. The second kappa shape index (κ2) is 49.9. The zero-order chi connectivity index (χ0) is 96.0. The fourth-order valence-electron chi connectivity index (χ4n) is 16.4. The Morgan fingerprint density at radius 3 is 1.68 bits per heavy atom. The molecule has 14 atom stereocenters. The molecule has 3 saturated heterocycles. The molecular formula is C89H127N21O20S. The molecule has 5 heterocycles. The van der Waals surface area contributed by atoms with Crippen molar-refractivity contribution in [3.05, 3.63) is 102 Å². The molecule has 131 heavy (non-hydrogen) atoms. The third kappa shape index (κ3) is 29.1. The molecule has 5 aromatic rings. The van der Waals surface area contributed by atoms with Gasteiger partial charge in [0, 0.05) is 112 Å². The van der Waals surface area contributed by atoms with E-state index in [0.29, 0.717) is 64.2 Å². The normalized spacial score (nSPS) is 24.6. The SMILES string of the molecule is CCCC[C@H]1C(=O)N(C)[C@@H](CCCC)C(=O)N[C@@H](CCCNC(=N)N)C(=O)N[C@H](C(=O)NCC(N)=O)CSCC(=O)N[C@@H](Cc2ccc(O)cc2)C(=O)N(C)[C@@H](C)C(=O)N[C@@H](CN)C(=O)N2CCC[C@H]2C(=O)N[C@@H](CC(=O)O)C(=O)N[C@@H](CC(C)C)C(=O)N2CCC[C@H]2C(=O)C[C@@H](Cc2c[nH]c3ccccc23)C(=O)N[C@@H](CO)C(=O)N[C@@H](Cc2c[nH]c3ccccc23)C(=O)N1C. The largest absolute Gasteiger partial charge is 0.508 e. The van der Waals surface area contributed by atoms with Gasteiger partial charge in [-0.05, 0) is 118 Å². The van der Waals surface area contributed by atoms with Crippen molar-refractivity contribution in [2.75, 3.05) is 72.0 Å². The number of aliphatic hydroxyl groups is 1. The summed E-state index contributed by atoms with van der Waals surface area (Å²) in [5.41, 5.74) is 20.1. The number of amides is 15. The highest BCUT2D eigenvalue weighted by Crippen LogP contribution is 2.30. The fraction of sp³-hybridized carbons (Fsp3) is 0.551. The number of para-hydroxylation sites is 2. The first-order chi connectivity index (χ1) is 62.4. The summed E-state index contributed by atoms with van der Waals surface area (Å²) in [5.74, 6) is -19.0. The maximum absolute atomic E-state index is 15.7. The summed E-state index contributed by atoms with van der Waals surface area (Å²) in [5, 5.41) is 66.9. The van der Waals surface area contributed by atoms with Crippen LogP contribution in [0.25, 0.3) is 21.8 Å². The Kier molecular flexibility index (Phi) is 39.5. The van der Waals surface area contributed by atoms with Gasteiger partial charge in [0.2, 0.25) is 88.6 Å². The summed E-state index contributed by atoms with van der Waals surface area (Å²) in [4.78, 5) is 260. The highest BCUT2D eigenvalue weighted by molar-refractivity contribution is 8.00. The number of rotatable bonds is 25. The van der Waals surface area contributed by atoms with Gasteiger partial charge in [-0.2, -0.15) is 0 Å². The number of H-pyrrole nitrogens is 2. The summed E-state index contributed by atoms with van der Waals surface area (Å²) in [6.07, 6.45) is 3.04. The van der Waals surface area contributed by atoms with Gasteiger partial charge in [-0.3, -0.25) is 86.9 Å². The summed E-state index contributed by atoms with van der Waals surface area (Å²) in [7, 11) is 3.95. The number of likely N-dealkylation sites (N-methyl/N-ethyl adjacent to an activating group) is 3. The molecular weight excluding hydrogens is 1720 g/mol. The van der Waals surface area contributed by atoms with Crippen LogP contribution in [0.1, 0.15) is 148 Å². The lowest BCUT2D eigenvalue weighted by Crippen LogP contribution is -2.61. The second-order valence-corrected chi connectivity index (χ2v) is 35.0. The first kappa shape index (κ1) is 104. The highest BCUT2D eigenvalue weighted by Gasteiger charge is 2.45. The predicted octanol–water partition coefficient (Wildman–Crippen LogP) is -1.22. The molecule has 3 fully saturated rings. The van der Waals surface area contributed by atoms with Crippen LogP contribution in [-0.2, 0) is 101 Å². The third-order valence-electron chi connectivity index (χ3n) is 23.8.